The molecule has 0 saturated heterocycles. The van der Waals surface area contributed by atoms with Gasteiger partial charge in [0.15, 0.2) is 5.65 Å². The predicted molar refractivity (Wildman–Crippen MR) is 115 cm³/mol. The Morgan fingerprint density at radius 1 is 1.20 bits per heavy atom. The summed E-state index contributed by atoms with van der Waals surface area (Å²) in [7, 11) is 0. The van der Waals surface area contributed by atoms with E-state index in [4.69, 9.17) is 0 Å². The molecule has 152 valence electrons. The van der Waals surface area contributed by atoms with Gasteiger partial charge in [-0.3, -0.25) is 14.2 Å². The normalized spacial score (nSPS) is 11.0. The second kappa shape index (κ2) is 8.19. The molecule has 0 aliphatic carbocycles. The van der Waals surface area contributed by atoms with Crippen LogP contribution < -0.4 is 10.9 Å². The predicted octanol–water partition coefficient (Wildman–Crippen LogP) is 3.82. The zero-order valence-corrected chi connectivity index (χ0v) is 17.6. The van der Waals surface area contributed by atoms with Crippen molar-refractivity contribution < 1.29 is 9.18 Å². The van der Waals surface area contributed by atoms with Crippen LogP contribution in [0, 0.1) is 12.7 Å². The fraction of sp³-hybridized carbons (Fsp3) is 0.143. The van der Waals surface area contributed by atoms with Gasteiger partial charge in [0.1, 0.15) is 17.0 Å². The molecule has 4 aromatic rings. The molecule has 0 aliphatic rings. The number of nitrogens with one attached hydrogen (secondary N) is 1. The van der Waals surface area contributed by atoms with Crippen LogP contribution in [0.5, 0.6) is 0 Å². The highest BCUT2D eigenvalue weighted by Crippen LogP contribution is 2.19. The van der Waals surface area contributed by atoms with E-state index < -0.39 is 11.7 Å². The van der Waals surface area contributed by atoms with Gasteiger partial charge in [0.05, 0.1) is 17.6 Å². The third-order valence-corrected chi connectivity index (χ3v) is 5.14. The number of amides is 1. The number of nitrogens with zero attached hydrogens (tertiary/aromatic N) is 4. The third kappa shape index (κ3) is 3.88. The summed E-state index contributed by atoms with van der Waals surface area (Å²) in [4.78, 5) is 29.7. The number of aryl methyl sites for hydroxylation is 1. The minimum Gasteiger partial charge on any atom is -0.324 e. The summed E-state index contributed by atoms with van der Waals surface area (Å²) >= 11 is 3.17. The Morgan fingerprint density at radius 3 is 2.70 bits per heavy atom. The second-order valence-electron chi connectivity index (χ2n) is 6.67. The van der Waals surface area contributed by atoms with Crippen LogP contribution in [0.25, 0.3) is 16.7 Å². The minimum atomic E-state index is -0.539. The Labute approximate surface area is 179 Å². The van der Waals surface area contributed by atoms with Crippen molar-refractivity contribution in [2.75, 3.05) is 5.32 Å². The Hall–Kier alpha value is -3.33. The SMILES string of the molecule is Cc1nc2c(cnn2-c2ccccc2)c(=O)n1CCC(=O)Nc1ccc(Br)cc1F. The fourth-order valence-electron chi connectivity index (χ4n) is 3.14. The number of hydrogen-bond acceptors (Lipinski definition) is 4. The molecule has 0 fully saturated rings. The number of para-hydroxylation sites is 1. The maximum Gasteiger partial charge on any atom is 0.264 e. The van der Waals surface area contributed by atoms with Crippen molar-refractivity contribution in [3.63, 3.8) is 0 Å². The lowest BCUT2D eigenvalue weighted by atomic mass is 10.3. The van der Waals surface area contributed by atoms with Gasteiger partial charge in [-0.05, 0) is 37.3 Å². The molecule has 2 heterocycles. The Bertz CT molecular complexity index is 1300. The Balaban J connectivity index is 1.56. The van der Waals surface area contributed by atoms with Crippen molar-refractivity contribution >= 4 is 38.6 Å². The van der Waals surface area contributed by atoms with Gasteiger partial charge in [-0.25, -0.2) is 14.1 Å². The van der Waals surface area contributed by atoms with Crippen molar-refractivity contribution in [1.82, 2.24) is 19.3 Å². The summed E-state index contributed by atoms with van der Waals surface area (Å²) in [5, 5.41) is 7.18. The standard InChI is InChI=1S/C21H17BrFN5O2/c1-13-25-20-16(12-24-28(20)15-5-3-2-4-6-15)21(30)27(13)10-9-19(29)26-18-8-7-14(22)11-17(18)23/h2-8,11-12H,9-10H2,1H3,(H,26,29). The largest absolute Gasteiger partial charge is 0.324 e. The topological polar surface area (TPSA) is 81.8 Å². The minimum absolute atomic E-state index is 0.00371. The molecule has 9 heteroatoms. The van der Waals surface area contributed by atoms with Crippen molar-refractivity contribution in [3.8, 4) is 5.69 Å². The lowest BCUT2D eigenvalue weighted by Gasteiger charge is -2.11. The summed E-state index contributed by atoms with van der Waals surface area (Å²) in [5.74, 6) is -0.474. The zero-order chi connectivity index (χ0) is 21.3. The molecule has 30 heavy (non-hydrogen) atoms. The number of rotatable bonds is 5. The van der Waals surface area contributed by atoms with E-state index >= 15 is 0 Å². The number of aromatic nitrogens is 4. The molecule has 0 spiro atoms. The van der Waals surface area contributed by atoms with Crippen molar-refractivity contribution in [2.45, 2.75) is 19.9 Å². The molecular weight excluding hydrogens is 453 g/mol. The first kappa shape index (κ1) is 20.0. The van der Waals surface area contributed by atoms with E-state index in [1.165, 1.54) is 22.9 Å². The maximum absolute atomic E-state index is 13.9. The molecule has 4 rings (SSSR count). The van der Waals surface area contributed by atoms with E-state index in [9.17, 15) is 14.0 Å². The first-order chi connectivity index (χ1) is 14.4. The summed E-state index contributed by atoms with van der Waals surface area (Å²) in [5.41, 5.74) is 1.07. The van der Waals surface area contributed by atoms with Gasteiger partial charge in [-0.2, -0.15) is 5.10 Å². The average Bonchev–Trinajstić information content (AvgIpc) is 3.14. The highest BCUT2D eigenvalue weighted by Gasteiger charge is 2.15. The zero-order valence-electron chi connectivity index (χ0n) is 16.0. The van der Waals surface area contributed by atoms with Crippen molar-refractivity contribution in [3.05, 3.63) is 81.2 Å². The van der Waals surface area contributed by atoms with Crippen LogP contribution in [0.3, 0.4) is 0 Å². The van der Waals surface area contributed by atoms with Crippen LogP contribution in [0.1, 0.15) is 12.2 Å². The summed E-state index contributed by atoms with van der Waals surface area (Å²) in [6.45, 7) is 1.82. The molecule has 0 radical (unpaired) electrons. The molecule has 7 nitrogen and oxygen atoms in total. The number of halogens is 2. The van der Waals surface area contributed by atoms with Gasteiger partial charge in [-0.15, -0.1) is 0 Å². The average molecular weight is 470 g/mol. The number of benzene rings is 2. The van der Waals surface area contributed by atoms with Crippen LogP contribution >= 0.6 is 15.9 Å². The van der Waals surface area contributed by atoms with Gasteiger partial charge in [0.25, 0.3) is 5.56 Å². The van der Waals surface area contributed by atoms with Crippen molar-refractivity contribution in [2.24, 2.45) is 0 Å². The molecule has 0 saturated carbocycles. The van der Waals surface area contributed by atoms with Crippen LogP contribution in [0.4, 0.5) is 10.1 Å². The maximum atomic E-state index is 13.9. The molecule has 2 aromatic heterocycles. The van der Waals surface area contributed by atoms with E-state index in [0.29, 0.717) is 21.3 Å². The Morgan fingerprint density at radius 2 is 1.97 bits per heavy atom. The molecule has 1 N–H and O–H groups in total. The quantitative estimate of drug-likeness (QED) is 0.481. The number of anilines is 1. The summed E-state index contributed by atoms with van der Waals surface area (Å²) in [6.07, 6.45) is 1.47. The van der Waals surface area contributed by atoms with E-state index in [-0.39, 0.29) is 24.2 Å². The van der Waals surface area contributed by atoms with E-state index in [1.807, 2.05) is 30.3 Å². The number of fused-ring (bicyclic) bond motifs is 1. The molecule has 1 amide bonds. The molecule has 0 unspecified atom stereocenters. The Kier molecular flexibility index (Phi) is 5.45. The smallest absolute Gasteiger partial charge is 0.264 e. The summed E-state index contributed by atoms with van der Waals surface area (Å²) < 4.78 is 17.5. The first-order valence-corrected chi connectivity index (χ1v) is 9.99. The molecule has 0 bridgehead atoms. The van der Waals surface area contributed by atoms with Gasteiger partial charge in [-0.1, -0.05) is 34.1 Å². The number of carbonyl (C=O) groups is 1. The van der Waals surface area contributed by atoms with Crippen LogP contribution in [0.15, 0.2) is 64.0 Å². The highest BCUT2D eigenvalue weighted by atomic mass is 79.9. The van der Waals surface area contributed by atoms with Crippen LogP contribution in [0.2, 0.25) is 0 Å². The molecular formula is C21H17BrFN5O2. The summed E-state index contributed by atoms with van der Waals surface area (Å²) in [6, 6.07) is 13.8. The van der Waals surface area contributed by atoms with Gasteiger partial charge in [0, 0.05) is 17.4 Å². The lowest BCUT2D eigenvalue weighted by molar-refractivity contribution is -0.116. The molecule has 0 atom stereocenters. The molecule has 2 aromatic carbocycles. The lowest BCUT2D eigenvalue weighted by Crippen LogP contribution is -2.26. The van der Waals surface area contributed by atoms with Crippen LogP contribution in [-0.2, 0) is 11.3 Å². The highest BCUT2D eigenvalue weighted by molar-refractivity contribution is 9.10. The fourth-order valence-corrected chi connectivity index (χ4v) is 3.48. The third-order valence-electron chi connectivity index (χ3n) is 4.65. The van der Waals surface area contributed by atoms with Gasteiger partial charge >= 0.3 is 0 Å². The van der Waals surface area contributed by atoms with E-state index in [0.717, 1.165) is 5.69 Å². The monoisotopic (exact) mass is 469 g/mol. The molecule has 0 aliphatic heterocycles. The number of hydrogen-bond donors (Lipinski definition) is 1. The van der Waals surface area contributed by atoms with Crippen LogP contribution in [-0.4, -0.2) is 25.2 Å². The van der Waals surface area contributed by atoms with Crippen molar-refractivity contribution in [1.29, 1.82) is 0 Å². The number of carbonyl (C=O) groups excluding carboxylic acids is 1. The van der Waals surface area contributed by atoms with E-state index in [1.54, 1.807) is 17.7 Å². The van der Waals surface area contributed by atoms with Gasteiger partial charge in [0.2, 0.25) is 5.91 Å². The van der Waals surface area contributed by atoms with Gasteiger partial charge < -0.3 is 5.32 Å². The second-order valence-corrected chi connectivity index (χ2v) is 7.58. The van der Waals surface area contributed by atoms with E-state index in [2.05, 4.69) is 31.3 Å². The first-order valence-electron chi connectivity index (χ1n) is 9.19.